The van der Waals surface area contributed by atoms with Gasteiger partial charge < -0.3 is 14.6 Å². The third-order valence-corrected chi connectivity index (χ3v) is 4.51. The van der Waals surface area contributed by atoms with Gasteiger partial charge in [0, 0.05) is 32.5 Å². The van der Waals surface area contributed by atoms with Gasteiger partial charge in [-0.2, -0.15) is 13.2 Å². The van der Waals surface area contributed by atoms with Crippen LogP contribution in [0.1, 0.15) is 30.5 Å². The van der Waals surface area contributed by atoms with Gasteiger partial charge in [0.1, 0.15) is 17.6 Å². The second kappa shape index (κ2) is 6.43. The van der Waals surface area contributed by atoms with Crippen molar-refractivity contribution in [3.05, 3.63) is 42.2 Å². The predicted molar refractivity (Wildman–Crippen MR) is 82.3 cm³/mol. The van der Waals surface area contributed by atoms with Crippen LogP contribution in [-0.2, 0) is 13.2 Å². The van der Waals surface area contributed by atoms with Gasteiger partial charge in [-0.25, -0.2) is 9.97 Å². The molecule has 3 rings (SSSR count). The maximum Gasteiger partial charge on any atom is 0.433 e. The SMILES string of the molecule is Cn1ccnc1C(O)C1CCN(c2ccc(C(F)(F)F)nc2)CC1. The smallest absolute Gasteiger partial charge is 0.385 e. The molecule has 0 spiro atoms. The maximum atomic E-state index is 12.6. The summed E-state index contributed by atoms with van der Waals surface area (Å²) in [6.45, 7) is 1.33. The molecule has 0 radical (unpaired) electrons. The van der Waals surface area contributed by atoms with Crippen molar-refractivity contribution in [1.82, 2.24) is 14.5 Å². The van der Waals surface area contributed by atoms with Crippen molar-refractivity contribution in [2.45, 2.75) is 25.1 Å². The summed E-state index contributed by atoms with van der Waals surface area (Å²) >= 11 is 0. The Bertz CT molecular complexity index is 675. The van der Waals surface area contributed by atoms with Gasteiger partial charge in [0.25, 0.3) is 0 Å². The Morgan fingerprint density at radius 2 is 1.92 bits per heavy atom. The van der Waals surface area contributed by atoms with Crippen LogP contribution in [0.2, 0.25) is 0 Å². The zero-order valence-electron chi connectivity index (χ0n) is 13.2. The molecule has 130 valence electrons. The molecule has 1 unspecified atom stereocenters. The van der Waals surface area contributed by atoms with Crippen LogP contribution in [0.15, 0.2) is 30.7 Å². The highest BCUT2D eigenvalue weighted by molar-refractivity contribution is 5.45. The van der Waals surface area contributed by atoms with E-state index in [4.69, 9.17) is 0 Å². The molecular weight excluding hydrogens is 321 g/mol. The monoisotopic (exact) mass is 340 g/mol. The molecular formula is C16H19F3N4O. The summed E-state index contributed by atoms with van der Waals surface area (Å²) in [6.07, 6.45) is 1.15. The predicted octanol–water partition coefficient (Wildman–Crippen LogP) is 2.78. The first-order valence-electron chi connectivity index (χ1n) is 7.80. The lowest BCUT2D eigenvalue weighted by molar-refractivity contribution is -0.141. The number of nitrogens with zero attached hydrogens (tertiary/aromatic N) is 4. The van der Waals surface area contributed by atoms with E-state index in [0.29, 0.717) is 24.6 Å². The molecule has 3 heterocycles. The summed E-state index contributed by atoms with van der Waals surface area (Å²) in [5.74, 6) is 0.731. The van der Waals surface area contributed by atoms with Gasteiger partial charge in [-0.15, -0.1) is 0 Å². The van der Waals surface area contributed by atoms with Gasteiger partial charge in [0.2, 0.25) is 0 Å². The number of anilines is 1. The number of hydrogen-bond donors (Lipinski definition) is 1. The molecule has 1 N–H and O–H groups in total. The first-order valence-corrected chi connectivity index (χ1v) is 7.80. The van der Waals surface area contributed by atoms with Crippen molar-refractivity contribution in [3.63, 3.8) is 0 Å². The van der Waals surface area contributed by atoms with Crippen LogP contribution in [0.3, 0.4) is 0 Å². The molecule has 0 aromatic carbocycles. The number of halogens is 3. The van der Waals surface area contributed by atoms with Crippen LogP contribution in [-0.4, -0.2) is 32.7 Å². The molecule has 0 amide bonds. The molecule has 0 saturated carbocycles. The standard InChI is InChI=1S/C16H19F3N4O/c1-22-9-6-20-15(22)14(24)11-4-7-23(8-5-11)12-2-3-13(21-10-12)16(17,18)19/h2-3,6,9-11,14,24H,4-5,7-8H2,1H3. The molecule has 1 aliphatic heterocycles. The summed E-state index contributed by atoms with van der Waals surface area (Å²) in [5.41, 5.74) is -0.209. The lowest BCUT2D eigenvalue weighted by atomic mass is 9.90. The maximum absolute atomic E-state index is 12.6. The lowest BCUT2D eigenvalue weighted by Gasteiger charge is -2.35. The first kappa shape index (κ1) is 16.8. The lowest BCUT2D eigenvalue weighted by Crippen LogP contribution is -2.36. The topological polar surface area (TPSA) is 54.2 Å². The minimum atomic E-state index is -4.42. The highest BCUT2D eigenvalue weighted by atomic mass is 19.4. The average molecular weight is 340 g/mol. The van der Waals surface area contributed by atoms with Gasteiger partial charge in [0.05, 0.1) is 11.9 Å². The molecule has 1 atom stereocenters. The van der Waals surface area contributed by atoms with Crippen molar-refractivity contribution in [2.24, 2.45) is 13.0 Å². The summed E-state index contributed by atoms with van der Waals surface area (Å²) in [6, 6.07) is 2.45. The number of imidazole rings is 1. The zero-order chi connectivity index (χ0) is 17.3. The summed E-state index contributed by atoms with van der Waals surface area (Å²) in [5, 5.41) is 10.5. The van der Waals surface area contributed by atoms with Gasteiger partial charge in [0.15, 0.2) is 0 Å². The molecule has 1 saturated heterocycles. The van der Waals surface area contributed by atoms with Crippen molar-refractivity contribution < 1.29 is 18.3 Å². The number of aliphatic hydroxyl groups is 1. The minimum absolute atomic E-state index is 0.0877. The quantitative estimate of drug-likeness (QED) is 0.934. The fraction of sp³-hybridized carbons (Fsp3) is 0.500. The molecule has 0 aliphatic carbocycles. The van der Waals surface area contributed by atoms with E-state index in [1.54, 1.807) is 17.0 Å². The Morgan fingerprint density at radius 1 is 1.21 bits per heavy atom. The van der Waals surface area contributed by atoms with Crippen molar-refractivity contribution in [2.75, 3.05) is 18.0 Å². The second-order valence-corrected chi connectivity index (χ2v) is 6.07. The van der Waals surface area contributed by atoms with E-state index < -0.39 is 18.0 Å². The molecule has 24 heavy (non-hydrogen) atoms. The number of rotatable bonds is 3. The first-order chi connectivity index (χ1) is 11.4. The van der Waals surface area contributed by atoms with Crippen LogP contribution in [0, 0.1) is 5.92 Å². The number of aromatic nitrogens is 3. The number of alkyl halides is 3. The summed E-state index contributed by atoms with van der Waals surface area (Å²) in [7, 11) is 1.84. The molecule has 1 aliphatic rings. The Kier molecular flexibility index (Phi) is 4.49. The third-order valence-electron chi connectivity index (χ3n) is 4.51. The number of piperidine rings is 1. The number of aryl methyl sites for hydroxylation is 1. The van der Waals surface area contributed by atoms with E-state index >= 15 is 0 Å². The Labute approximate surface area is 137 Å². The van der Waals surface area contributed by atoms with Crippen LogP contribution >= 0.6 is 0 Å². The number of pyridine rings is 1. The average Bonchev–Trinajstić information content (AvgIpc) is 3.00. The molecule has 2 aromatic heterocycles. The largest absolute Gasteiger partial charge is 0.433 e. The van der Waals surface area contributed by atoms with Crippen LogP contribution < -0.4 is 4.90 Å². The van der Waals surface area contributed by atoms with Gasteiger partial charge in [-0.3, -0.25) is 0 Å². The molecule has 8 heteroatoms. The number of hydrogen-bond acceptors (Lipinski definition) is 4. The van der Waals surface area contributed by atoms with Gasteiger partial charge >= 0.3 is 6.18 Å². The highest BCUT2D eigenvalue weighted by Gasteiger charge is 2.33. The fourth-order valence-electron chi connectivity index (χ4n) is 3.09. The Hall–Kier alpha value is -2.09. The highest BCUT2D eigenvalue weighted by Crippen LogP contribution is 2.32. The zero-order valence-corrected chi connectivity index (χ0v) is 13.2. The van der Waals surface area contributed by atoms with E-state index in [1.165, 1.54) is 12.3 Å². The number of aliphatic hydroxyl groups excluding tert-OH is 1. The summed E-state index contributed by atoms with van der Waals surface area (Å²) in [4.78, 5) is 9.68. The molecule has 5 nitrogen and oxygen atoms in total. The normalized spacial score (nSPS) is 18.0. The van der Waals surface area contributed by atoms with Crippen LogP contribution in [0.4, 0.5) is 18.9 Å². The Morgan fingerprint density at radius 3 is 2.42 bits per heavy atom. The van der Waals surface area contributed by atoms with Crippen molar-refractivity contribution in [1.29, 1.82) is 0 Å². The minimum Gasteiger partial charge on any atom is -0.385 e. The Balaban J connectivity index is 1.62. The molecule has 0 bridgehead atoms. The third kappa shape index (κ3) is 3.38. The van der Waals surface area contributed by atoms with Crippen molar-refractivity contribution >= 4 is 5.69 Å². The van der Waals surface area contributed by atoms with E-state index in [1.807, 2.05) is 11.9 Å². The van der Waals surface area contributed by atoms with Crippen LogP contribution in [0.5, 0.6) is 0 Å². The molecule has 2 aromatic rings. The fourth-order valence-corrected chi connectivity index (χ4v) is 3.09. The van der Waals surface area contributed by atoms with Crippen LogP contribution in [0.25, 0.3) is 0 Å². The molecule has 1 fully saturated rings. The van der Waals surface area contributed by atoms with Gasteiger partial charge in [-0.1, -0.05) is 0 Å². The van der Waals surface area contributed by atoms with Crippen molar-refractivity contribution in [3.8, 4) is 0 Å². The summed E-state index contributed by atoms with van der Waals surface area (Å²) < 4.78 is 39.5. The van der Waals surface area contributed by atoms with E-state index in [-0.39, 0.29) is 5.92 Å². The second-order valence-electron chi connectivity index (χ2n) is 6.07. The van der Waals surface area contributed by atoms with E-state index in [9.17, 15) is 18.3 Å². The van der Waals surface area contributed by atoms with Gasteiger partial charge in [-0.05, 0) is 30.9 Å². The van der Waals surface area contributed by atoms with E-state index in [2.05, 4.69) is 9.97 Å². The van der Waals surface area contributed by atoms with E-state index in [0.717, 1.165) is 18.9 Å².